The van der Waals surface area contributed by atoms with E-state index in [1.54, 1.807) is 12.1 Å². The van der Waals surface area contributed by atoms with Crippen LogP contribution < -0.4 is 0 Å². The van der Waals surface area contributed by atoms with Crippen LogP contribution in [-0.2, 0) is 0 Å². The van der Waals surface area contributed by atoms with Crippen molar-refractivity contribution < 1.29 is 4.79 Å². The number of Topliss-reactive ketones (excluding diaryl/α,β-unsaturated/α-hetero) is 1. The number of rotatable bonds is 6. The van der Waals surface area contributed by atoms with Gasteiger partial charge in [-0.1, -0.05) is 37.3 Å². The molecule has 1 aromatic rings. The first-order valence-corrected chi connectivity index (χ1v) is 6.43. The lowest BCUT2D eigenvalue weighted by Crippen LogP contribution is -2.22. The molecule has 88 valence electrons. The topological polar surface area (TPSA) is 17.1 Å². The SMILES string of the molecule is CC(CCCCl)C(Cl)C(=O)c1ccccc1. The third-order valence-electron chi connectivity index (χ3n) is 2.60. The van der Waals surface area contributed by atoms with Crippen molar-refractivity contribution >= 4 is 29.0 Å². The molecule has 0 heterocycles. The van der Waals surface area contributed by atoms with Crippen LogP contribution in [0.5, 0.6) is 0 Å². The van der Waals surface area contributed by atoms with E-state index in [4.69, 9.17) is 23.2 Å². The molecule has 0 aliphatic rings. The van der Waals surface area contributed by atoms with Crippen molar-refractivity contribution in [2.24, 2.45) is 5.92 Å². The molecule has 16 heavy (non-hydrogen) atoms. The molecular weight excluding hydrogens is 243 g/mol. The maximum Gasteiger partial charge on any atom is 0.180 e. The molecule has 0 aromatic heterocycles. The molecule has 1 rings (SSSR count). The molecule has 0 aliphatic heterocycles. The van der Waals surface area contributed by atoms with E-state index in [0.29, 0.717) is 11.4 Å². The van der Waals surface area contributed by atoms with Crippen LogP contribution in [0.1, 0.15) is 30.1 Å². The molecule has 0 saturated carbocycles. The van der Waals surface area contributed by atoms with Crippen molar-refractivity contribution in [1.29, 1.82) is 0 Å². The van der Waals surface area contributed by atoms with Gasteiger partial charge in [-0.25, -0.2) is 0 Å². The molecule has 3 heteroatoms. The fourth-order valence-electron chi connectivity index (χ4n) is 1.57. The minimum Gasteiger partial charge on any atom is -0.292 e. The summed E-state index contributed by atoms with van der Waals surface area (Å²) in [5.41, 5.74) is 0.681. The second-order valence-corrected chi connectivity index (χ2v) is 4.79. The molecule has 0 aliphatic carbocycles. The van der Waals surface area contributed by atoms with Crippen molar-refractivity contribution in [3.05, 3.63) is 35.9 Å². The van der Waals surface area contributed by atoms with Gasteiger partial charge in [0.25, 0.3) is 0 Å². The Kier molecular flexibility index (Phi) is 5.86. The molecule has 0 spiro atoms. The number of hydrogen-bond acceptors (Lipinski definition) is 1. The summed E-state index contributed by atoms with van der Waals surface area (Å²) in [7, 11) is 0. The van der Waals surface area contributed by atoms with Gasteiger partial charge < -0.3 is 0 Å². The van der Waals surface area contributed by atoms with Crippen LogP contribution in [0.3, 0.4) is 0 Å². The number of halogens is 2. The van der Waals surface area contributed by atoms with Gasteiger partial charge >= 0.3 is 0 Å². The Morgan fingerprint density at radius 2 is 1.94 bits per heavy atom. The van der Waals surface area contributed by atoms with Crippen molar-refractivity contribution in [3.8, 4) is 0 Å². The highest BCUT2D eigenvalue weighted by molar-refractivity contribution is 6.34. The molecule has 0 amide bonds. The third-order valence-corrected chi connectivity index (χ3v) is 3.50. The van der Waals surface area contributed by atoms with Crippen LogP contribution in [0.15, 0.2) is 30.3 Å². The Hall–Kier alpha value is -0.530. The van der Waals surface area contributed by atoms with Crippen LogP contribution in [0, 0.1) is 5.92 Å². The van der Waals surface area contributed by atoms with E-state index in [1.807, 2.05) is 25.1 Å². The van der Waals surface area contributed by atoms with E-state index in [1.165, 1.54) is 0 Å². The summed E-state index contributed by atoms with van der Waals surface area (Å²) in [4.78, 5) is 12.0. The standard InChI is InChI=1S/C13H16Cl2O/c1-10(6-5-9-14)12(15)13(16)11-7-3-2-4-8-11/h2-4,7-8,10,12H,5-6,9H2,1H3. The zero-order valence-electron chi connectivity index (χ0n) is 9.33. The summed E-state index contributed by atoms with van der Waals surface area (Å²) in [6, 6.07) is 9.18. The predicted octanol–water partition coefficient (Wildman–Crippen LogP) is 4.13. The number of benzene rings is 1. The highest BCUT2D eigenvalue weighted by atomic mass is 35.5. The number of carbonyl (C=O) groups is 1. The summed E-state index contributed by atoms with van der Waals surface area (Å²) in [5.74, 6) is 0.783. The highest BCUT2D eigenvalue weighted by Crippen LogP contribution is 2.20. The first-order valence-electron chi connectivity index (χ1n) is 5.46. The molecule has 1 aromatic carbocycles. The molecule has 0 N–H and O–H groups in total. The number of hydrogen-bond donors (Lipinski definition) is 0. The average molecular weight is 259 g/mol. The van der Waals surface area contributed by atoms with Crippen molar-refractivity contribution in [3.63, 3.8) is 0 Å². The van der Waals surface area contributed by atoms with Gasteiger partial charge in [0.05, 0.1) is 5.38 Å². The molecule has 0 saturated heterocycles. The lowest BCUT2D eigenvalue weighted by Gasteiger charge is -2.16. The summed E-state index contributed by atoms with van der Waals surface area (Å²) in [5, 5.41) is -0.453. The quantitative estimate of drug-likeness (QED) is 0.554. The monoisotopic (exact) mass is 258 g/mol. The molecule has 0 radical (unpaired) electrons. The predicted molar refractivity (Wildman–Crippen MR) is 69.5 cm³/mol. The zero-order valence-corrected chi connectivity index (χ0v) is 10.8. The van der Waals surface area contributed by atoms with Crippen LogP contribution >= 0.6 is 23.2 Å². The Labute approximate surface area is 107 Å². The third kappa shape index (κ3) is 3.80. The van der Waals surface area contributed by atoms with E-state index in [2.05, 4.69) is 0 Å². The fourth-order valence-corrected chi connectivity index (χ4v) is 1.97. The summed E-state index contributed by atoms with van der Waals surface area (Å²) in [6.07, 6.45) is 1.78. The van der Waals surface area contributed by atoms with Gasteiger partial charge in [0.1, 0.15) is 0 Å². The van der Waals surface area contributed by atoms with Gasteiger partial charge in [0.2, 0.25) is 0 Å². The van der Waals surface area contributed by atoms with Crippen molar-refractivity contribution in [1.82, 2.24) is 0 Å². The molecule has 1 nitrogen and oxygen atoms in total. The summed E-state index contributed by atoms with van der Waals surface area (Å²) >= 11 is 11.8. The minimum absolute atomic E-state index is 0.00402. The zero-order chi connectivity index (χ0) is 12.0. The lowest BCUT2D eigenvalue weighted by molar-refractivity contribution is 0.0968. The second-order valence-electron chi connectivity index (χ2n) is 3.94. The maximum atomic E-state index is 12.0. The van der Waals surface area contributed by atoms with Gasteiger partial charge in [-0.2, -0.15) is 0 Å². The normalized spacial score (nSPS) is 14.4. The van der Waals surface area contributed by atoms with Crippen molar-refractivity contribution in [2.45, 2.75) is 25.1 Å². The van der Waals surface area contributed by atoms with E-state index in [9.17, 15) is 4.79 Å². The Morgan fingerprint density at radius 1 is 1.31 bits per heavy atom. The Bertz CT molecular complexity index is 324. The van der Waals surface area contributed by atoms with Gasteiger partial charge in [-0.15, -0.1) is 23.2 Å². The van der Waals surface area contributed by atoms with E-state index >= 15 is 0 Å². The minimum atomic E-state index is -0.453. The number of alkyl halides is 2. The molecule has 0 fully saturated rings. The lowest BCUT2D eigenvalue weighted by atomic mass is 9.95. The average Bonchev–Trinajstić information content (AvgIpc) is 2.35. The highest BCUT2D eigenvalue weighted by Gasteiger charge is 2.22. The second kappa shape index (κ2) is 6.93. The fraction of sp³-hybridized carbons (Fsp3) is 0.462. The first-order chi connectivity index (χ1) is 7.66. The first kappa shape index (κ1) is 13.5. The van der Waals surface area contributed by atoms with Crippen LogP contribution in [-0.4, -0.2) is 17.0 Å². The van der Waals surface area contributed by atoms with E-state index in [-0.39, 0.29) is 11.7 Å². The Morgan fingerprint density at radius 3 is 2.50 bits per heavy atom. The van der Waals surface area contributed by atoms with Crippen LogP contribution in [0.4, 0.5) is 0 Å². The number of ketones is 1. The van der Waals surface area contributed by atoms with Crippen molar-refractivity contribution in [2.75, 3.05) is 5.88 Å². The molecule has 2 atom stereocenters. The van der Waals surface area contributed by atoms with Gasteiger partial charge in [0.15, 0.2) is 5.78 Å². The molecular formula is C13H16Cl2O. The largest absolute Gasteiger partial charge is 0.292 e. The van der Waals surface area contributed by atoms with Gasteiger partial charge in [0, 0.05) is 11.4 Å². The molecule has 0 bridgehead atoms. The van der Waals surface area contributed by atoms with E-state index < -0.39 is 5.38 Å². The Balaban J connectivity index is 2.60. The summed E-state index contributed by atoms with van der Waals surface area (Å²) < 4.78 is 0. The van der Waals surface area contributed by atoms with E-state index in [0.717, 1.165) is 12.8 Å². The van der Waals surface area contributed by atoms with Crippen LogP contribution in [0.25, 0.3) is 0 Å². The maximum absolute atomic E-state index is 12.0. The smallest absolute Gasteiger partial charge is 0.180 e. The van der Waals surface area contributed by atoms with Crippen LogP contribution in [0.2, 0.25) is 0 Å². The number of carbonyl (C=O) groups excluding carboxylic acids is 1. The summed E-state index contributed by atoms with van der Waals surface area (Å²) in [6.45, 7) is 1.99. The van der Waals surface area contributed by atoms with Gasteiger partial charge in [-0.05, 0) is 18.8 Å². The molecule has 2 unspecified atom stereocenters. The van der Waals surface area contributed by atoms with Gasteiger partial charge in [-0.3, -0.25) is 4.79 Å².